The zero-order valence-electron chi connectivity index (χ0n) is 13.8. The quantitative estimate of drug-likeness (QED) is 0.180. The van der Waals surface area contributed by atoms with Crippen molar-refractivity contribution < 1.29 is 20.0 Å². The minimum atomic E-state index is -0.485. The molecule has 124 valence electrons. The second-order valence-corrected chi connectivity index (χ2v) is 5.52. The van der Waals surface area contributed by atoms with Crippen LogP contribution in [0.5, 0.6) is 0 Å². The van der Waals surface area contributed by atoms with Crippen molar-refractivity contribution in [3.05, 3.63) is 18.5 Å². The summed E-state index contributed by atoms with van der Waals surface area (Å²) >= 11 is 0. The van der Waals surface area contributed by atoms with Crippen LogP contribution in [0.1, 0.15) is 78.1 Å². The highest BCUT2D eigenvalue weighted by Crippen LogP contribution is 2.10. The van der Waals surface area contributed by atoms with E-state index in [0.29, 0.717) is 6.61 Å². The Labute approximate surface area is 130 Å². The predicted octanol–water partition coefficient (Wildman–Crippen LogP) is 3.59. The lowest BCUT2D eigenvalue weighted by molar-refractivity contribution is -0.540. The minimum Gasteiger partial charge on any atom is -0.506 e. The van der Waals surface area contributed by atoms with Crippen LogP contribution in [0.4, 0.5) is 0 Å². The SMILES string of the molecule is [CH2-][NH2+]/C(C(=O)OCCCCCCCCCCCC)=C(\C)O. The van der Waals surface area contributed by atoms with Gasteiger partial charge in [0, 0.05) is 0 Å². The maximum atomic E-state index is 11.6. The highest BCUT2D eigenvalue weighted by molar-refractivity contribution is 5.85. The van der Waals surface area contributed by atoms with Gasteiger partial charge in [-0.15, -0.1) is 7.05 Å². The summed E-state index contributed by atoms with van der Waals surface area (Å²) < 4.78 is 5.10. The molecular weight excluding hydrogens is 266 g/mol. The third-order valence-electron chi connectivity index (χ3n) is 3.54. The van der Waals surface area contributed by atoms with Gasteiger partial charge in [0.15, 0.2) is 5.76 Å². The maximum absolute atomic E-state index is 11.6. The molecule has 0 bridgehead atoms. The van der Waals surface area contributed by atoms with Crippen molar-refractivity contribution >= 4 is 5.97 Å². The van der Waals surface area contributed by atoms with Crippen molar-refractivity contribution in [2.24, 2.45) is 0 Å². The number of hydrogen-bond donors (Lipinski definition) is 2. The molecule has 0 heterocycles. The molecule has 0 aromatic rings. The molecule has 0 saturated carbocycles. The minimum absolute atomic E-state index is 0.0435. The number of nitrogens with two attached hydrogens (primary N) is 1. The molecule has 0 aliphatic carbocycles. The molecule has 0 aromatic heterocycles. The van der Waals surface area contributed by atoms with Crippen molar-refractivity contribution in [1.29, 1.82) is 0 Å². The van der Waals surface area contributed by atoms with E-state index in [2.05, 4.69) is 14.0 Å². The Morgan fingerprint density at radius 3 is 1.90 bits per heavy atom. The van der Waals surface area contributed by atoms with E-state index in [4.69, 9.17) is 4.74 Å². The molecule has 4 heteroatoms. The summed E-state index contributed by atoms with van der Waals surface area (Å²) in [6.07, 6.45) is 12.5. The van der Waals surface area contributed by atoms with Gasteiger partial charge in [0.1, 0.15) is 0 Å². The van der Waals surface area contributed by atoms with Crippen LogP contribution >= 0.6 is 0 Å². The van der Waals surface area contributed by atoms with E-state index in [1.165, 1.54) is 63.6 Å². The fourth-order valence-corrected chi connectivity index (χ4v) is 2.21. The second kappa shape index (κ2) is 13.9. The number of carbonyl (C=O) groups excluding carboxylic acids is 1. The number of esters is 1. The average Bonchev–Trinajstić information content (AvgIpc) is 2.45. The van der Waals surface area contributed by atoms with Crippen LogP contribution in [0.25, 0.3) is 0 Å². The molecule has 0 aromatic carbocycles. The normalized spacial score (nSPS) is 12.1. The number of carbonyl (C=O) groups is 1. The van der Waals surface area contributed by atoms with Gasteiger partial charge >= 0.3 is 5.97 Å². The molecule has 0 amide bonds. The van der Waals surface area contributed by atoms with Crippen LogP contribution in [0.2, 0.25) is 0 Å². The zero-order chi connectivity index (χ0) is 15.9. The second-order valence-electron chi connectivity index (χ2n) is 5.52. The summed E-state index contributed by atoms with van der Waals surface area (Å²) in [5, 5.41) is 10.6. The van der Waals surface area contributed by atoms with Gasteiger partial charge in [-0.3, -0.25) is 0 Å². The van der Waals surface area contributed by atoms with Gasteiger partial charge in [-0.2, -0.15) is 0 Å². The summed E-state index contributed by atoms with van der Waals surface area (Å²) in [6, 6.07) is 0. The number of unbranched alkanes of at least 4 members (excludes halogenated alkanes) is 9. The van der Waals surface area contributed by atoms with Crippen molar-refractivity contribution in [2.75, 3.05) is 6.61 Å². The Morgan fingerprint density at radius 1 is 1.00 bits per heavy atom. The molecule has 0 saturated heterocycles. The molecule has 0 atom stereocenters. The predicted molar refractivity (Wildman–Crippen MR) is 85.4 cm³/mol. The summed E-state index contributed by atoms with van der Waals surface area (Å²) in [6.45, 7) is 4.11. The van der Waals surface area contributed by atoms with E-state index in [0.717, 1.165) is 12.8 Å². The summed E-state index contributed by atoms with van der Waals surface area (Å²) in [4.78, 5) is 11.6. The molecule has 0 aliphatic heterocycles. The van der Waals surface area contributed by atoms with Crippen LogP contribution < -0.4 is 5.32 Å². The average molecular weight is 299 g/mol. The van der Waals surface area contributed by atoms with Crippen molar-refractivity contribution in [2.45, 2.75) is 78.1 Å². The van der Waals surface area contributed by atoms with E-state index in [-0.39, 0.29) is 11.5 Å². The van der Waals surface area contributed by atoms with Crippen LogP contribution in [0.3, 0.4) is 0 Å². The van der Waals surface area contributed by atoms with Gasteiger partial charge in [0.25, 0.3) is 0 Å². The van der Waals surface area contributed by atoms with E-state index < -0.39 is 5.97 Å². The molecule has 4 nitrogen and oxygen atoms in total. The van der Waals surface area contributed by atoms with Crippen molar-refractivity contribution in [3.63, 3.8) is 0 Å². The molecule has 0 radical (unpaired) electrons. The Hall–Kier alpha value is -1.03. The summed E-state index contributed by atoms with van der Waals surface area (Å²) in [7, 11) is 3.49. The van der Waals surface area contributed by atoms with Crippen molar-refractivity contribution in [1.82, 2.24) is 0 Å². The standard InChI is InChI=1S/C17H33NO3/c1-4-5-6-7-8-9-10-11-12-13-14-21-17(20)16(18-3)15(2)19/h19H,3-14,18H2,1-2H3/b16-15+. The molecule has 0 rings (SSSR count). The first kappa shape index (κ1) is 20.0. The first-order chi connectivity index (χ1) is 10.1. The Morgan fingerprint density at radius 2 is 1.48 bits per heavy atom. The summed E-state index contributed by atoms with van der Waals surface area (Å²) in [5.41, 5.74) is 0.155. The third kappa shape index (κ3) is 11.3. The zero-order valence-corrected chi connectivity index (χ0v) is 13.8. The monoisotopic (exact) mass is 299 g/mol. The molecule has 0 aliphatic rings. The van der Waals surface area contributed by atoms with Gasteiger partial charge in [-0.25, -0.2) is 4.79 Å². The number of allylic oxidation sites excluding steroid dienone is 1. The molecule has 0 unspecified atom stereocenters. The Kier molecular flexibility index (Phi) is 13.2. The fraction of sp³-hybridized carbons (Fsp3) is 0.765. The van der Waals surface area contributed by atoms with Crippen LogP contribution in [0, 0.1) is 7.05 Å². The Bertz CT molecular complexity index is 296. The van der Waals surface area contributed by atoms with E-state index >= 15 is 0 Å². The van der Waals surface area contributed by atoms with Crippen molar-refractivity contribution in [3.8, 4) is 0 Å². The van der Waals surface area contributed by atoms with Gasteiger partial charge in [0.05, 0.1) is 6.61 Å². The topological polar surface area (TPSA) is 63.1 Å². The Balaban J connectivity index is 3.40. The number of ether oxygens (including phenoxy) is 1. The molecular formula is C17H33NO3. The first-order valence-corrected chi connectivity index (χ1v) is 8.32. The number of quaternary nitrogens is 1. The smallest absolute Gasteiger partial charge is 0.393 e. The van der Waals surface area contributed by atoms with E-state index in [9.17, 15) is 9.90 Å². The van der Waals surface area contributed by atoms with Crippen LogP contribution in [0.15, 0.2) is 11.5 Å². The van der Waals surface area contributed by atoms with Gasteiger partial charge in [-0.05, 0) is 13.3 Å². The van der Waals surface area contributed by atoms with Crippen LogP contribution in [-0.4, -0.2) is 17.7 Å². The summed E-state index contributed by atoms with van der Waals surface area (Å²) in [5.74, 6) is -0.529. The lowest BCUT2D eigenvalue weighted by Gasteiger charge is -2.07. The number of aliphatic hydroxyl groups is 1. The maximum Gasteiger partial charge on any atom is 0.393 e. The number of hydrogen-bond acceptors (Lipinski definition) is 3. The van der Waals surface area contributed by atoms with Gasteiger partial charge < -0.3 is 15.2 Å². The lowest BCUT2D eigenvalue weighted by Crippen LogP contribution is -2.77. The van der Waals surface area contributed by atoms with E-state index in [1.807, 2.05) is 0 Å². The van der Waals surface area contributed by atoms with Gasteiger partial charge in [0.2, 0.25) is 5.70 Å². The molecule has 3 N–H and O–H groups in total. The van der Waals surface area contributed by atoms with E-state index in [1.54, 1.807) is 0 Å². The largest absolute Gasteiger partial charge is 0.506 e. The molecule has 21 heavy (non-hydrogen) atoms. The lowest BCUT2D eigenvalue weighted by atomic mass is 10.1. The highest BCUT2D eigenvalue weighted by Gasteiger charge is 2.14. The molecule has 0 spiro atoms. The number of aliphatic hydroxyl groups excluding tert-OH is 1. The fourth-order valence-electron chi connectivity index (χ4n) is 2.21. The number of rotatable bonds is 13. The van der Waals surface area contributed by atoms with Crippen LogP contribution in [-0.2, 0) is 9.53 Å². The molecule has 0 fully saturated rings. The highest BCUT2D eigenvalue weighted by atomic mass is 16.5. The first-order valence-electron chi connectivity index (χ1n) is 8.32. The van der Waals surface area contributed by atoms with Gasteiger partial charge in [-0.1, -0.05) is 64.7 Å². The third-order valence-corrected chi connectivity index (χ3v) is 3.54.